The molecule has 2 aliphatic rings. The van der Waals surface area contributed by atoms with Crippen LogP contribution in [0.1, 0.15) is 19.3 Å². The van der Waals surface area contributed by atoms with Crippen molar-refractivity contribution < 1.29 is 28.8 Å². The van der Waals surface area contributed by atoms with E-state index in [2.05, 4.69) is 0 Å². The van der Waals surface area contributed by atoms with Crippen LogP contribution in [0, 0.1) is 11.8 Å². The van der Waals surface area contributed by atoms with Crippen LogP contribution >= 0.6 is 0 Å². The summed E-state index contributed by atoms with van der Waals surface area (Å²) >= 11 is 0. The van der Waals surface area contributed by atoms with Crippen LogP contribution in [0.25, 0.3) is 0 Å². The Bertz CT molecular complexity index is 553. The van der Waals surface area contributed by atoms with Crippen molar-refractivity contribution in [2.75, 3.05) is 0 Å². The number of hydrogen-bond donors (Lipinski definition) is 0. The lowest BCUT2D eigenvalue weighted by Gasteiger charge is -2.10. The second-order valence-electron chi connectivity index (χ2n) is 4.69. The lowest BCUT2D eigenvalue weighted by Crippen LogP contribution is -2.36. The van der Waals surface area contributed by atoms with Gasteiger partial charge in [-0.15, -0.1) is 0 Å². The van der Waals surface area contributed by atoms with Gasteiger partial charge in [-0.1, -0.05) is 6.08 Å². The number of allylic oxidation sites excluding steroid dienone is 2. The van der Waals surface area contributed by atoms with Gasteiger partial charge in [0.05, 0.1) is 0 Å². The van der Waals surface area contributed by atoms with Gasteiger partial charge in [-0.25, -0.2) is 0 Å². The molecule has 2 unspecified atom stereocenters. The molecule has 98 valence electrons. The Balaban J connectivity index is 2.12. The molecule has 0 aromatic rings. The zero-order valence-electron chi connectivity index (χ0n) is 9.88. The molecule has 2 bridgehead atoms. The number of hydrogen-bond acceptors (Lipinski definition) is 6. The first-order valence-electron chi connectivity index (χ1n) is 5.84. The van der Waals surface area contributed by atoms with Gasteiger partial charge in [-0.3, -0.25) is 28.8 Å². The van der Waals surface area contributed by atoms with Gasteiger partial charge in [-0.05, 0) is 31.1 Å². The minimum Gasteiger partial charge on any atom is -0.294 e. The summed E-state index contributed by atoms with van der Waals surface area (Å²) in [6.07, 6.45) is 3.82. The number of aldehydes is 1. The van der Waals surface area contributed by atoms with E-state index in [-0.39, 0.29) is 23.7 Å². The Morgan fingerprint density at radius 3 is 2.16 bits per heavy atom. The number of fused-ring (bicyclic) bond motifs is 2. The van der Waals surface area contributed by atoms with Crippen molar-refractivity contribution in [3.63, 3.8) is 0 Å². The van der Waals surface area contributed by atoms with Crippen molar-refractivity contribution in [1.29, 1.82) is 0 Å². The molecule has 0 aromatic heterocycles. The van der Waals surface area contributed by atoms with Crippen molar-refractivity contribution >= 4 is 35.2 Å². The zero-order chi connectivity index (χ0) is 14.2. The highest BCUT2D eigenvalue weighted by atomic mass is 16.2. The summed E-state index contributed by atoms with van der Waals surface area (Å²) < 4.78 is 0. The van der Waals surface area contributed by atoms with E-state index >= 15 is 0 Å². The normalized spacial score (nSPS) is 23.7. The molecule has 0 aromatic carbocycles. The summed E-state index contributed by atoms with van der Waals surface area (Å²) in [7, 11) is 0. The fourth-order valence-corrected chi connectivity index (χ4v) is 2.60. The van der Waals surface area contributed by atoms with Gasteiger partial charge in [0.1, 0.15) is 0 Å². The van der Waals surface area contributed by atoms with Crippen molar-refractivity contribution in [1.82, 2.24) is 0 Å². The molecule has 0 radical (unpaired) electrons. The van der Waals surface area contributed by atoms with Crippen LogP contribution in [0.5, 0.6) is 0 Å². The maximum atomic E-state index is 11.8. The second kappa shape index (κ2) is 4.79. The van der Waals surface area contributed by atoms with Gasteiger partial charge >= 0.3 is 0 Å². The molecule has 0 heterocycles. The summed E-state index contributed by atoms with van der Waals surface area (Å²) in [5, 5.41) is 0. The number of carbonyl (C=O) groups excluding carboxylic acids is 6. The summed E-state index contributed by atoms with van der Waals surface area (Å²) in [6.45, 7) is 0. The quantitative estimate of drug-likeness (QED) is 0.359. The van der Waals surface area contributed by atoms with Crippen molar-refractivity contribution in [2.45, 2.75) is 19.3 Å². The van der Waals surface area contributed by atoms with E-state index in [1.165, 1.54) is 0 Å². The van der Waals surface area contributed by atoms with Gasteiger partial charge in [-0.2, -0.15) is 0 Å². The second-order valence-corrected chi connectivity index (χ2v) is 4.69. The van der Waals surface area contributed by atoms with E-state index in [1.54, 1.807) is 6.08 Å². The van der Waals surface area contributed by atoms with Crippen LogP contribution in [0.3, 0.4) is 0 Å². The molecule has 2 aliphatic carbocycles. The van der Waals surface area contributed by atoms with E-state index in [0.29, 0.717) is 0 Å². The molecular formula is C13H10O6. The highest BCUT2D eigenvalue weighted by molar-refractivity contribution is 6.91. The molecule has 2 atom stereocenters. The smallest absolute Gasteiger partial charge is 0.281 e. The summed E-state index contributed by atoms with van der Waals surface area (Å²) in [5.74, 6) is -7.44. The molecule has 0 spiro atoms. The highest BCUT2D eigenvalue weighted by Crippen LogP contribution is 2.43. The van der Waals surface area contributed by atoms with E-state index in [1.807, 2.05) is 0 Å². The largest absolute Gasteiger partial charge is 0.294 e. The molecule has 1 saturated carbocycles. The SMILES string of the molecule is O=CC(=O)C(=O)C(=O)C(=O)C(=O)C1=CC2CCC1C2. The fourth-order valence-electron chi connectivity index (χ4n) is 2.60. The van der Waals surface area contributed by atoms with Crippen molar-refractivity contribution in [3.05, 3.63) is 11.6 Å². The monoisotopic (exact) mass is 262 g/mol. The summed E-state index contributed by atoms with van der Waals surface area (Å²) in [5.41, 5.74) is 0.265. The zero-order valence-corrected chi connectivity index (χ0v) is 9.88. The van der Waals surface area contributed by atoms with Crippen molar-refractivity contribution in [3.8, 4) is 0 Å². The minimum absolute atomic E-state index is 0.0360. The third-order valence-electron chi connectivity index (χ3n) is 3.54. The summed E-state index contributed by atoms with van der Waals surface area (Å²) in [4.78, 5) is 66.5. The van der Waals surface area contributed by atoms with Gasteiger partial charge < -0.3 is 0 Å². The number of ketones is 5. The van der Waals surface area contributed by atoms with Gasteiger partial charge in [0, 0.05) is 5.57 Å². The third kappa shape index (κ3) is 2.21. The average Bonchev–Trinajstić information content (AvgIpc) is 3.05. The van der Waals surface area contributed by atoms with Crippen LogP contribution in [-0.4, -0.2) is 35.2 Å². The molecule has 6 heteroatoms. The molecule has 1 fully saturated rings. The molecule has 6 nitrogen and oxygen atoms in total. The average molecular weight is 262 g/mol. The van der Waals surface area contributed by atoms with Crippen LogP contribution in [0.4, 0.5) is 0 Å². The molecule has 2 rings (SSSR count). The van der Waals surface area contributed by atoms with Crippen molar-refractivity contribution in [2.24, 2.45) is 11.8 Å². The van der Waals surface area contributed by atoms with Gasteiger partial charge in [0.25, 0.3) is 23.1 Å². The maximum Gasteiger partial charge on any atom is 0.281 e. The van der Waals surface area contributed by atoms with E-state index in [0.717, 1.165) is 19.3 Å². The Labute approximate surface area is 107 Å². The molecule has 0 amide bonds. The van der Waals surface area contributed by atoms with E-state index in [9.17, 15) is 28.8 Å². The van der Waals surface area contributed by atoms with Gasteiger partial charge in [0.2, 0.25) is 5.78 Å². The number of Topliss-reactive ketones (excluding diaryl/α,β-unsaturated/α-hetero) is 5. The molecule has 0 aliphatic heterocycles. The van der Waals surface area contributed by atoms with E-state index < -0.39 is 28.9 Å². The molecule has 19 heavy (non-hydrogen) atoms. The van der Waals surface area contributed by atoms with Gasteiger partial charge in [0.15, 0.2) is 6.29 Å². The Kier molecular flexibility index (Phi) is 3.33. The Hall–Kier alpha value is -2.24. The van der Waals surface area contributed by atoms with Crippen LogP contribution in [0.15, 0.2) is 11.6 Å². The molecule has 0 saturated heterocycles. The number of carbonyl (C=O) groups is 6. The molecule has 0 N–H and O–H groups in total. The number of rotatable bonds is 6. The first kappa shape index (κ1) is 13.2. The Morgan fingerprint density at radius 1 is 1.00 bits per heavy atom. The molecular weight excluding hydrogens is 252 g/mol. The van der Waals surface area contributed by atoms with E-state index in [4.69, 9.17) is 0 Å². The predicted molar refractivity (Wildman–Crippen MR) is 60.0 cm³/mol. The van der Waals surface area contributed by atoms with Crippen LogP contribution in [0.2, 0.25) is 0 Å². The first-order chi connectivity index (χ1) is 8.95. The first-order valence-corrected chi connectivity index (χ1v) is 5.84. The minimum atomic E-state index is -1.75. The lowest BCUT2D eigenvalue weighted by atomic mass is 9.91. The summed E-state index contributed by atoms with van der Waals surface area (Å²) in [6, 6.07) is 0. The fraction of sp³-hybridized carbons (Fsp3) is 0.385. The standard InChI is InChI=1S/C13H10O6/c14-5-9(15)11(17)13(19)12(18)10(16)8-4-6-1-2-7(8)3-6/h4-7H,1-3H2. The topological polar surface area (TPSA) is 102 Å². The lowest BCUT2D eigenvalue weighted by molar-refractivity contribution is -0.151. The Morgan fingerprint density at radius 2 is 1.68 bits per heavy atom. The highest BCUT2D eigenvalue weighted by Gasteiger charge is 2.41. The maximum absolute atomic E-state index is 11.8. The predicted octanol–water partition coefficient (Wildman–Crippen LogP) is -0.613. The van der Waals surface area contributed by atoms with Crippen LogP contribution < -0.4 is 0 Å². The van der Waals surface area contributed by atoms with Crippen LogP contribution in [-0.2, 0) is 28.8 Å². The third-order valence-corrected chi connectivity index (χ3v) is 3.54.